The molecule has 5 nitrogen and oxygen atoms in total. The van der Waals surface area contributed by atoms with Crippen molar-refractivity contribution in [2.75, 3.05) is 11.9 Å². The minimum Gasteiger partial charge on any atom is -0.484 e. The third-order valence-corrected chi connectivity index (χ3v) is 3.32. The first kappa shape index (κ1) is 14.4. The number of carbonyl (C=O) groups excluding carboxylic acids is 1. The monoisotopic (exact) mass is 293 g/mol. The van der Waals surface area contributed by atoms with E-state index >= 15 is 0 Å². The zero-order valence-electron chi connectivity index (χ0n) is 11.6. The summed E-state index contributed by atoms with van der Waals surface area (Å²) in [5, 5.41) is 10.3. The van der Waals surface area contributed by atoms with E-state index in [1.165, 1.54) is 0 Å². The van der Waals surface area contributed by atoms with Gasteiger partial charge in [-0.15, -0.1) is 0 Å². The van der Waals surface area contributed by atoms with Crippen LogP contribution in [0, 0.1) is 20.8 Å². The zero-order chi connectivity index (χ0) is 14.7. The molecular weight excluding hydrogens is 278 g/mol. The number of halogens is 1. The van der Waals surface area contributed by atoms with Gasteiger partial charge in [-0.05, 0) is 44.5 Å². The highest BCUT2D eigenvalue weighted by Crippen LogP contribution is 2.21. The molecule has 0 saturated heterocycles. The Hall–Kier alpha value is -2.01. The molecule has 0 unspecified atom stereocenters. The predicted molar refractivity (Wildman–Crippen MR) is 78.4 cm³/mol. The molecule has 0 spiro atoms. The average Bonchev–Trinajstić information content (AvgIpc) is 2.72. The van der Waals surface area contributed by atoms with Crippen LogP contribution >= 0.6 is 11.6 Å². The van der Waals surface area contributed by atoms with Crippen molar-refractivity contribution in [3.63, 3.8) is 0 Å². The summed E-state index contributed by atoms with van der Waals surface area (Å²) < 4.78 is 5.43. The van der Waals surface area contributed by atoms with Gasteiger partial charge in [-0.1, -0.05) is 11.6 Å². The van der Waals surface area contributed by atoms with Gasteiger partial charge in [0.2, 0.25) is 0 Å². The predicted octanol–water partition coefficient (Wildman–Crippen LogP) is 3.01. The Morgan fingerprint density at radius 2 is 2.15 bits per heavy atom. The number of aromatic amines is 1. The van der Waals surface area contributed by atoms with Crippen LogP contribution in [0.25, 0.3) is 0 Å². The molecule has 1 heterocycles. The minimum atomic E-state index is -0.231. The van der Waals surface area contributed by atoms with Crippen LogP contribution in [0.15, 0.2) is 18.2 Å². The van der Waals surface area contributed by atoms with E-state index < -0.39 is 0 Å². The minimum absolute atomic E-state index is 0.0644. The third kappa shape index (κ3) is 3.30. The van der Waals surface area contributed by atoms with Crippen molar-refractivity contribution >= 4 is 23.2 Å². The zero-order valence-corrected chi connectivity index (χ0v) is 12.3. The van der Waals surface area contributed by atoms with E-state index in [1.54, 1.807) is 18.2 Å². The Bertz CT molecular complexity index is 618. The summed E-state index contributed by atoms with van der Waals surface area (Å²) in [6.45, 7) is 5.49. The maximum absolute atomic E-state index is 11.8. The molecule has 0 radical (unpaired) electrons. The van der Waals surface area contributed by atoms with Crippen LogP contribution in [-0.2, 0) is 4.79 Å². The van der Waals surface area contributed by atoms with Crippen molar-refractivity contribution in [2.45, 2.75) is 20.8 Å². The molecule has 1 aromatic heterocycles. The molecule has 0 aliphatic heterocycles. The van der Waals surface area contributed by atoms with Crippen molar-refractivity contribution in [3.8, 4) is 5.75 Å². The Morgan fingerprint density at radius 1 is 1.40 bits per heavy atom. The van der Waals surface area contributed by atoms with E-state index in [4.69, 9.17) is 16.3 Å². The summed E-state index contributed by atoms with van der Waals surface area (Å²) in [7, 11) is 0. The molecular formula is C14H16ClN3O2. The van der Waals surface area contributed by atoms with Gasteiger partial charge in [0.1, 0.15) is 5.75 Å². The first-order valence-electron chi connectivity index (χ1n) is 6.17. The molecule has 20 heavy (non-hydrogen) atoms. The Labute approximate surface area is 122 Å². The molecule has 0 aliphatic rings. The lowest BCUT2D eigenvalue weighted by Crippen LogP contribution is -2.20. The van der Waals surface area contributed by atoms with Crippen LogP contribution in [0.4, 0.5) is 5.69 Å². The number of hydrogen-bond acceptors (Lipinski definition) is 3. The van der Waals surface area contributed by atoms with Gasteiger partial charge < -0.3 is 10.1 Å². The van der Waals surface area contributed by atoms with Crippen LogP contribution in [0.1, 0.15) is 17.0 Å². The summed E-state index contributed by atoms with van der Waals surface area (Å²) in [5.74, 6) is 0.382. The van der Waals surface area contributed by atoms with Crippen LogP contribution in [-0.4, -0.2) is 22.7 Å². The van der Waals surface area contributed by atoms with Gasteiger partial charge in [-0.2, -0.15) is 5.10 Å². The number of anilines is 1. The van der Waals surface area contributed by atoms with E-state index in [0.29, 0.717) is 16.5 Å². The van der Waals surface area contributed by atoms with E-state index in [2.05, 4.69) is 15.5 Å². The number of aromatic nitrogens is 2. The topological polar surface area (TPSA) is 67.0 Å². The molecule has 0 fully saturated rings. The number of nitrogens with one attached hydrogen (secondary N) is 2. The van der Waals surface area contributed by atoms with Gasteiger partial charge in [-0.25, -0.2) is 0 Å². The number of benzene rings is 1. The molecule has 2 N–H and O–H groups in total. The number of amides is 1. The van der Waals surface area contributed by atoms with Crippen molar-refractivity contribution in [1.29, 1.82) is 0 Å². The van der Waals surface area contributed by atoms with Crippen LogP contribution in [0.5, 0.6) is 5.75 Å². The fourth-order valence-electron chi connectivity index (χ4n) is 1.77. The van der Waals surface area contributed by atoms with Crippen LogP contribution < -0.4 is 10.1 Å². The molecule has 0 atom stereocenters. The second kappa shape index (κ2) is 5.96. The van der Waals surface area contributed by atoms with E-state index in [9.17, 15) is 4.79 Å². The van der Waals surface area contributed by atoms with Crippen molar-refractivity contribution < 1.29 is 9.53 Å². The van der Waals surface area contributed by atoms with Crippen molar-refractivity contribution in [3.05, 3.63) is 40.2 Å². The summed E-state index contributed by atoms with van der Waals surface area (Å²) in [4.78, 5) is 11.8. The standard InChI is InChI=1S/C14H16ClN3O2/c1-8-6-11(4-5-12(8)15)20-7-13(19)16-14-9(2)17-18-10(14)3/h4-6H,7H2,1-3H3,(H,16,19)(H,17,18). The molecule has 0 aliphatic carbocycles. The summed E-state index contributed by atoms with van der Waals surface area (Å²) in [6, 6.07) is 5.27. The fourth-order valence-corrected chi connectivity index (χ4v) is 1.88. The second-order valence-corrected chi connectivity index (χ2v) is 4.96. The number of nitrogens with zero attached hydrogens (tertiary/aromatic N) is 1. The number of ether oxygens (including phenoxy) is 1. The number of carbonyl (C=O) groups is 1. The Morgan fingerprint density at radius 3 is 2.75 bits per heavy atom. The molecule has 6 heteroatoms. The molecule has 106 valence electrons. The van der Waals surface area contributed by atoms with Crippen LogP contribution in [0.2, 0.25) is 5.02 Å². The fraction of sp³-hybridized carbons (Fsp3) is 0.286. The number of H-pyrrole nitrogens is 1. The van der Waals surface area contributed by atoms with Gasteiger partial charge in [-0.3, -0.25) is 9.89 Å². The maximum atomic E-state index is 11.8. The lowest BCUT2D eigenvalue weighted by molar-refractivity contribution is -0.118. The average molecular weight is 294 g/mol. The molecule has 0 bridgehead atoms. The summed E-state index contributed by atoms with van der Waals surface area (Å²) in [5.41, 5.74) is 3.17. The van der Waals surface area contributed by atoms with Gasteiger partial charge in [0, 0.05) is 5.02 Å². The van der Waals surface area contributed by atoms with Crippen molar-refractivity contribution in [1.82, 2.24) is 10.2 Å². The van der Waals surface area contributed by atoms with E-state index in [0.717, 1.165) is 17.0 Å². The Balaban J connectivity index is 1.94. The van der Waals surface area contributed by atoms with Gasteiger partial charge in [0.15, 0.2) is 6.61 Å². The first-order chi connectivity index (χ1) is 9.47. The number of hydrogen-bond donors (Lipinski definition) is 2. The second-order valence-electron chi connectivity index (χ2n) is 4.56. The number of aryl methyl sites for hydroxylation is 3. The van der Waals surface area contributed by atoms with Crippen LogP contribution in [0.3, 0.4) is 0 Å². The summed E-state index contributed by atoms with van der Waals surface area (Å²) >= 11 is 5.93. The van der Waals surface area contributed by atoms with Crippen molar-refractivity contribution in [2.24, 2.45) is 0 Å². The highest BCUT2D eigenvalue weighted by molar-refractivity contribution is 6.31. The molecule has 2 rings (SSSR count). The molecule has 1 aromatic carbocycles. The lowest BCUT2D eigenvalue weighted by Gasteiger charge is -2.08. The van der Waals surface area contributed by atoms with Gasteiger partial charge in [0.25, 0.3) is 5.91 Å². The molecule has 0 saturated carbocycles. The largest absolute Gasteiger partial charge is 0.484 e. The highest BCUT2D eigenvalue weighted by atomic mass is 35.5. The maximum Gasteiger partial charge on any atom is 0.262 e. The number of rotatable bonds is 4. The van der Waals surface area contributed by atoms with E-state index in [-0.39, 0.29) is 12.5 Å². The SMILES string of the molecule is Cc1cc(OCC(=O)Nc2c(C)n[nH]c2C)ccc1Cl. The first-order valence-corrected chi connectivity index (χ1v) is 6.55. The third-order valence-electron chi connectivity index (χ3n) is 2.89. The Kier molecular flexibility index (Phi) is 4.29. The normalized spacial score (nSPS) is 10.4. The molecule has 1 amide bonds. The highest BCUT2D eigenvalue weighted by Gasteiger charge is 2.10. The quantitative estimate of drug-likeness (QED) is 0.910. The lowest BCUT2D eigenvalue weighted by atomic mass is 10.2. The van der Waals surface area contributed by atoms with E-state index in [1.807, 2.05) is 20.8 Å². The summed E-state index contributed by atoms with van der Waals surface area (Å²) in [6.07, 6.45) is 0. The smallest absolute Gasteiger partial charge is 0.262 e. The molecule has 2 aromatic rings. The van der Waals surface area contributed by atoms with Gasteiger partial charge in [0.05, 0.1) is 17.1 Å². The van der Waals surface area contributed by atoms with Gasteiger partial charge >= 0.3 is 0 Å².